The van der Waals surface area contributed by atoms with Gasteiger partial charge in [0.05, 0.1) is 37.3 Å². The first-order valence-electron chi connectivity index (χ1n) is 18.1. The molecule has 6 aromatic rings. The zero-order valence-electron chi connectivity index (χ0n) is 30.3. The number of hydrogen-bond donors (Lipinski definition) is 4. The summed E-state index contributed by atoms with van der Waals surface area (Å²) in [5, 5.41) is 36.7. The first kappa shape index (κ1) is 39.7. The van der Waals surface area contributed by atoms with Crippen molar-refractivity contribution < 1.29 is 39.4 Å². The summed E-state index contributed by atoms with van der Waals surface area (Å²) in [5.74, 6) is 2.79. The van der Waals surface area contributed by atoms with Gasteiger partial charge in [-0.05, 0) is 126 Å². The van der Waals surface area contributed by atoms with Gasteiger partial charge in [0.1, 0.15) is 49.4 Å². The highest BCUT2D eigenvalue weighted by molar-refractivity contribution is 7.99. The lowest BCUT2D eigenvalue weighted by molar-refractivity contribution is 0.201. The van der Waals surface area contributed by atoms with E-state index in [1.165, 1.54) is 0 Å². The predicted molar refractivity (Wildman–Crippen MR) is 216 cm³/mol. The minimum atomic E-state index is -0.406. The fourth-order valence-electron chi connectivity index (χ4n) is 6.00. The Morgan fingerprint density at radius 1 is 0.364 bits per heavy atom. The maximum atomic E-state index is 9.17. The third-order valence-electron chi connectivity index (χ3n) is 8.49. The van der Waals surface area contributed by atoms with E-state index in [2.05, 4.69) is 97.1 Å². The molecule has 0 atom stereocenters. The van der Waals surface area contributed by atoms with Crippen LogP contribution in [-0.2, 0) is 10.9 Å². The fraction of sp³-hybridized carbons (Fsp3) is 0.200. The average molecular weight is 778 g/mol. The van der Waals surface area contributed by atoms with E-state index in [9.17, 15) is 0 Å². The Kier molecular flexibility index (Phi) is 14.9. The van der Waals surface area contributed by atoms with Gasteiger partial charge >= 0.3 is 0 Å². The van der Waals surface area contributed by atoms with Crippen LogP contribution in [0.15, 0.2) is 170 Å². The largest absolute Gasteiger partial charge is 0.491 e. The van der Waals surface area contributed by atoms with Gasteiger partial charge in [-0.1, -0.05) is 48.2 Å². The van der Waals surface area contributed by atoms with E-state index in [0.29, 0.717) is 23.0 Å². The fourth-order valence-corrected chi connectivity index (χ4v) is 8.86. The van der Waals surface area contributed by atoms with Crippen molar-refractivity contribution in [3.63, 3.8) is 0 Å². The molecular weight excluding hydrogens is 733 g/mol. The molecule has 0 spiro atoms. The molecule has 8 nitrogen and oxygen atoms in total. The number of ether oxygens (including phenoxy) is 4. The van der Waals surface area contributed by atoms with Crippen LogP contribution in [0.2, 0.25) is 0 Å². The van der Waals surface area contributed by atoms with E-state index in [4.69, 9.17) is 39.4 Å². The third kappa shape index (κ3) is 11.1. The Bertz CT molecular complexity index is 1750. The van der Waals surface area contributed by atoms with E-state index in [0.717, 1.165) is 41.2 Å². The van der Waals surface area contributed by atoms with E-state index >= 15 is 0 Å². The van der Waals surface area contributed by atoms with Crippen molar-refractivity contribution in [3.05, 3.63) is 162 Å². The summed E-state index contributed by atoms with van der Waals surface area (Å²) < 4.78 is 22.5. The molecule has 0 saturated heterocycles. The lowest BCUT2D eigenvalue weighted by atomic mass is 9.85. The molecule has 0 saturated carbocycles. The van der Waals surface area contributed by atoms with Gasteiger partial charge < -0.3 is 39.4 Å². The second kappa shape index (κ2) is 20.7. The minimum absolute atomic E-state index is 0.0401. The topological polar surface area (TPSA) is 118 Å². The highest BCUT2D eigenvalue weighted by Crippen LogP contribution is 2.38. The Balaban J connectivity index is 1.22. The molecule has 0 heterocycles. The lowest BCUT2D eigenvalue weighted by Gasteiger charge is -2.20. The van der Waals surface area contributed by atoms with Gasteiger partial charge in [0, 0.05) is 15.7 Å². The monoisotopic (exact) mass is 777 g/mol. The molecule has 4 N–H and O–H groups in total. The van der Waals surface area contributed by atoms with Gasteiger partial charge in [0.25, 0.3) is 0 Å². The number of rotatable bonds is 20. The number of hydrogen-bond acceptors (Lipinski definition) is 9. The molecule has 0 amide bonds. The molecule has 0 unspecified atom stereocenters. The van der Waals surface area contributed by atoms with Crippen LogP contribution in [0.4, 0.5) is 0 Å². The summed E-state index contributed by atoms with van der Waals surface area (Å²) in [7, 11) is -0.406. The van der Waals surface area contributed by atoms with Crippen molar-refractivity contribution in [1.29, 1.82) is 0 Å². The highest BCUT2D eigenvalue weighted by atomic mass is 32.2. The Morgan fingerprint density at radius 2 is 0.618 bits per heavy atom. The second-order valence-corrected chi connectivity index (χ2v) is 15.4. The average Bonchev–Trinajstić information content (AvgIpc) is 3.24. The molecule has 0 fully saturated rings. The Morgan fingerprint density at radius 3 is 0.927 bits per heavy atom. The summed E-state index contributed by atoms with van der Waals surface area (Å²) in [6.45, 7) is 0.815. The molecule has 284 valence electrons. The number of aliphatic hydroxyl groups excluding tert-OH is 4. The van der Waals surface area contributed by atoms with Crippen LogP contribution in [0, 0.1) is 0 Å². The van der Waals surface area contributed by atoms with Crippen LogP contribution in [0.1, 0.15) is 22.6 Å². The molecule has 0 aliphatic carbocycles. The summed E-state index contributed by atoms with van der Waals surface area (Å²) in [5.41, 5.74) is 3.34. The predicted octanol–water partition coefficient (Wildman–Crippen LogP) is 7.60. The SMILES string of the molecule is OCCOc1ccc(C(c2ccc(OCCO)cc2)c2ccc(Sc3ccc([S+](c4ccc(OCCO)cc4)c4ccc(OCCO)cc4)cc3)cc2)cc1. The van der Waals surface area contributed by atoms with Crippen LogP contribution in [0.5, 0.6) is 23.0 Å². The van der Waals surface area contributed by atoms with Crippen LogP contribution in [0.25, 0.3) is 0 Å². The third-order valence-corrected chi connectivity index (χ3v) is 11.7. The molecule has 0 aromatic heterocycles. The zero-order valence-corrected chi connectivity index (χ0v) is 32.0. The van der Waals surface area contributed by atoms with Crippen LogP contribution in [0.3, 0.4) is 0 Å². The normalized spacial score (nSPS) is 11.2. The van der Waals surface area contributed by atoms with E-state index < -0.39 is 10.9 Å². The van der Waals surface area contributed by atoms with Gasteiger partial charge in [-0.25, -0.2) is 0 Å². The van der Waals surface area contributed by atoms with Crippen molar-refractivity contribution in [3.8, 4) is 23.0 Å². The van der Waals surface area contributed by atoms with Gasteiger partial charge in [-0.15, -0.1) is 0 Å². The Hall–Kier alpha value is -4.94. The molecule has 0 radical (unpaired) electrons. The van der Waals surface area contributed by atoms with Crippen molar-refractivity contribution in [1.82, 2.24) is 0 Å². The maximum absolute atomic E-state index is 9.17. The van der Waals surface area contributed by atoms with Crippen LogP contribution >= 0.6 is 11.8 Å². The summed E-state index contributed by atoms with van der Waals surface area (Å²) in [4.78, 5) is 5.66. The molecule has 55 heavy (non-hydrogen) atoms. The van der Waals surface area contributed by atoms with E-state index in [1.54, 1.807) is 11.8 Å². The second-order valence-electron chi connectivity index (χ2n) is 12.3. The summed E-state index contributed by atoms with van der Waals surface area (Å²) >= 11 is 1.71. The molecule has 6 rings (SSSR count). The number of benzene rings is 6. The van der Waals surface area contributed by atoms with E-state index in [-0.39, 0.29) is 58.8 Å². The highest BCUT2D eigenvalue weighted by Gasteiger charge is 2.29. The van der Waals surface area contributed by atoms with Gasteiger partial charge in [0.15, 0.2) is 14.7 Å². The summed E-state index contributed by atoms with van der Waals surface area (Å²) in [6.07, 6.45) is 0. The minimum Gasteiger partial charge on any atom is -0.491 e. The number of aliphatic hydroxyl groups is 4. The van der Waals surface area contributed by atoms with Crippen LogP contribution in [-0.4, -0.2) is 73.3 Å². The lowest BCUT2D eigenvalue weighted by Crippen LogP contribution is -2.06. The van der Waals surface area contributed by atoms with Gasteiger partial charge in [-0.3, -0.25) is 0 Å². The van der Waals surface area contributed by atoms with Crippen molar-refractivity contribution in [2.45, 2.75) is 30.4 Å². The quantitative estimate of drug-likeness (QED) is 0.0460. The zero-order chi connectivity index (χ0) is 38.2. The van der Waals surface area contributed by atoms with Crippen LogP contribution < -0.4 is 18.9 Å². The molecule has 6 aromatic carbocycles. The maximum Gasteiger partial charge on any atom is 0.166 e. The molecule has 0 bridgehead atoms. The molecule has 10 heteroatoms. The molecule has 0 aliphatic rings. The first-order valence-corrected chi connectivity index (χ1v) is 20.1. The van der Waals surface area contributed by atoms with Crippen molar-refractivity contribution in [2.75, 3.05) is 52.9 Å². The smallest absolute Gasteiger partial charge is 0.166 e. The van der Waals surface area contributed by atoms with E-state index in [1.807, 2.05) is 48.5 Å². The first-order chi connectivity index (χ1) is 27.1. The Labute approximate surface area is 329 Å². The van der Waals surface area contributed by atoms with Gasteiger partial charge in [-0.2, -0.15) is 0 Å². The molecule has 0 aliphatic heterocycles. The van der Waals surface area contributed by atoms with Crippen molar-refractivity contribution >= 4 is 22.7 Å². The van der Waals surface area contributed by atoms with Crippen molar-refractivity contribution in [2.24, 2.45) is 0 Å². The standard InChI is InChI=1S/C45H45O8S2/c46-25-29-50-36-7-1-33(2-8-36)45(34-3-9-37(10-4-34)51-30-26-47)35-5-15-40(16-6-35)54-41-17-23-44(24-18-41)55(42-19-11-38(12-20-42)52-31-27-48)43-21-13-39(14-22-43)53-32-28-49/h1-24,45-49H,25-32H2/q+1. The molecular formula is C45H45O8S2+. The summed E-state index contributed by atoms with van der Waals surface area (Å²) in [6, 6.07) is 49.4. The van der Waals surface area contributed by atoms with Gasteiger partial charge in [0.2, 0.25) is 0 Å².